The van der Waals surface area contributed by atoms with Crippen molar-refractivity contribution in [3.63, 3.8) is 0 Å². The van der Waals surface area contributed by atoms with Gasteiger partial charge in [-0.2, -0.15) is 0 Å². The van der Waals surface area contributed by atoms with E-state index in [0.717, 1.165) is 60.9 Å². The van der Waals surface area contributed by atoms with Gasteiger partial charge in [-0.1, -0.05) is 158 Å². The summed E-state index contributed by atoms with van der Waals surface area (Å²) in [5.74, 6) is 1.49. The van der Waals surface area contributed by atoms with Gasteiger partial charge in [-0.05, 0) is 51.6 Å². The maximum absolute atomic E-state index is 9.39. The van der Waals surface area contributed by atoms with Crippen molar-refractivity contribution in [2.45, 2.75) is 0 Å². The molecule has 4 nitrogen and oxygen atoms in total. The average Bonchev–Trinajstić information content (AvgIpc) is 3.59. The summed E-state index contributed by atoms with van der Waals surface area (Å²) in [4.78, 5) is 14.9. The Morgan fingerprint density at radius 2 is 0.776 bits per heavy atom. The van der Waals surface area contributed by atoms with Crippen molar-refractivity contribution in [1.29, 1.82) is 0 Å². The van der Waals surface area contributed by atoms with E-state index in [4.69, 9.17) is 19.4 Å². The van der Waals surface area contributed by atoms with Crippen LogP contribution in [0.1, 0.15) is 1.37 Å². The molecule has 0 aliphatic carbocycles. The van der Waals surface area contributed by atoms with Crippen LogP contribution in [0.5, 0.6) is 0 Å². The molecule has 0 aliphatic rings. The van der Waals surface area contributed by atoms with Crippen molar-refractivity contribution < 1.29 is 5.79 Å². The minimum Gasteiger partial charge on any atom is -0.456 e. The van der Waals surface area contributed by atoms with Crippen LogP contribution in [0, 0.1) is 0 Å². The van der Waals surface area contributed by atoms with Crippen LogP contribution < -0.4 is 0 Å². The van der Waals surface area contributed by atoms with Gasteiger partial charge in [0.1, 0.15) is 11.2 Å². The van der Waals surface area contributed by atoms with E-state index in [0.29, 0.717) is 28.6 Å². The number of rotatable bonds is 6. The zero-order chi connectivity index (χ0) is 33.4. The number of benzene rings is 7. The molecule has 2 heterocycles. The lowest BCUT2D eigenvalue weighted by Crippen LogP contribution is -2.00. The van der Waals surface area contributed by atoms with Crippen LogP contribution in [-0.4, -0.2) is 15.0 Å². The predicted octanol–water partition coefficient (Wildman–Crippen LogP) is 11.8. The Hall–Kier alpha value is -6.65. The Bertz CT molecular complexity index is 2520. The molecule has 0 radical (unpaired) electrons. The Balaban J connectivity index is 1.19. The van der Waals surface area contributed by atoms with Gasteiger partial charge in [0.15, 0.2) is 17.5 Å². The van der Waals surface area contributed by atoms with Crippen LogP contribution in [0.4, 0.5) is 0 Å². The molecule has 0 unspecified atom stereocenters. The van der Waals surface area contributed by atoms with Crippen molar-refractivity contribution in [1.82, 2.24) is 15.0 Å². The lowest BCUT2D eigenvalue weighted by Gasteiger charge is -2.10. The van der Waals surface area contributed by atoms with Crippen molar-refractivity contribution in [3.05, 3.63) is 176 Å². The monoisotopic (exact) mass is 628 g/mol. The summed E-state index contributed by atoms with van der Waals surface area (Å²) in [6, 6.07) is 57.6. The predicted molar refractivity (Wildman–Crippen MR) is 200 cm³/mol. The smallest absolute Gasteiger partial charge is 0.164 e. The lowest BCUT2D eigenvalue weighted by atomic mass is 9.99. The Morgan fingerprint density at radius 1 is 0.347 bits per heavy atom. The van der Waals surface area contributed by atoms with E-state index in [2.05, 4.69) is 66.7 Å². The summed E-state index contributed by atoms with van der Waals surface area (Å²) in [5, 5.41) is 1.87. The van der Waals surface area contributed by atoms with E-state index in [1.165, 1.54) is 0 Å². The molecule has 0 fully saturated rings. The van der Waals surface area contributed by atoms with Gasteiger partial charge < -0.3 is 4.42 Å². The Labute approximate surface area is 285 Å². The molecule has 0 amide bonds. The zero-order valence-corrected chi connectivity index (χ0v) is 26.4. The van der Waals surface area contributed by atoms with Gasteiger partial charge in [-0.3, -0.25) is 0 Å². The van der Waals surface area contributed by atoms with Crippen LogP contribution in [-0.2, 0) is 0 Å². The van der Waals surface area contributed by atoms with Crippen LogP contribution in [0.15, 0.2) is 180 Å². The van der Waals surface area contributed by atoms with Crippen LogP contribution in [0.2, 0.25) is 0 Å². The molecule has 0 spiro atoms. The minimum atomic E-state index is 0.236. The van der Waals surface area contributed by atoms with Gasteiger partial charge >= 0.3 is 0 Å². The van der Waals surface area contributed by atoms with Crippen LogP contribution in [0.3, 0.4) is 0 Å². The molecule has 0 aliphatic heterocycles. The fraction of sp³-hybridized carbons (Fsp3) is 0. The SMILES string of the molecule is [2H]c1c(-c2nc(-c3ccc(-c4ccccc4)cc3)nc(-c3ccc(-c4ccccc4)cc3)n2)ccc2c1oc1cccc(-c3ccccc3)c12. The molecule has 0 atom stereocenters. The first-order chi connectivity index (χ1) is 24.7. The second-order valence-corrected chi connectivity index (χ2v) is 12.0. The molecule has 7 aromatic carbocycles. The van der Waals surface area contributed by atoms with Gasteiger partial charge in [0.05, 0.1) is 1.37 Å². The van der Waals surface area contributed by atoms with E-state index in [-0.39, 0.29) is 6.04 Å². The number of furan rings is 1. The molecule has 2 aromatic heterocycles. The summed E-state index contributed by atoms with van der Waals surface area (Å²) >= 11 is 0. The first-order valence-electron chi connectivity index (χ1n) is 16.8. The second kappa shape index (κ2) is 12.2. The van der Waals surface area contributed by atoms with E-state index in [1.807, 2.05) is 103 Å². The molecule has 0 saturated carbocycles. The van der Waals surface area contributed by atoms with Gasteiger partial charge in [-0.25, -0.2) is 15.0 Å². The fourth-order valence-corrected chi connectivity index (χ4v) is 6.38. The van der Waals surface area contributed by atoms with Gasteiger partial charge in [0, 0.05) is 27.5 Å². The zero-order valence-electron chi connectivity index (χ0n) is 27.4. The highest BCUT2D eigenvalue weighted by Crippen LogP contribution is 2.38. The normalized spacial score (nSPS) is 11.6. The third kappa shape index (κ3) is 5.45. The quantitative estimate of drug-likeness (QED) is 0.184. The van der Waals surface area contributed by atoms with Crippen molar-refractivity contribution in [2.75, 3.05) is 0 Å². The highest BCUT2D eigenvalue weighted by Gasteiger charge is 2.17. The summed E-state index contributed by atoms with van der Waals surface area (Å²) in [7, 11) is 0. The van der Waals surface area contributed by atoms with E-state index in [1.54, 1.807) is 0 Å². The standard InChI is InChI=1S/C45H29N3O/c1-4-11-30(12-5-1)32-19-23-35(24-20-32)43-46-44(36-25-21-33(22-26-36)31-13-6-2-7-14-31)48-45(47-43)37-27-28-39-41(29-37)49-40-18-10-17-38(42(39)40)34-15-8-3-9-16-34/h1-29H/i29D. The Kier molecular flexibility index (Phi) is 6.83. The number of hydrogen-bond acceptors (Lipinski definition) is 4. The molecule has 0 bridgehead atoms. The fourth-order valence-electron chi connectivity index (χ4n) is 6.38. The highest BCUT2D eigenvalue weighted by molar-refractivity contribution is 6.13. The first kappa shape index (κ1) is 27.5. The lowest BCUT2D eigenvalue weighted by molar-refractivity contribution is 0.669. The van der Waals surface area contributed by atoms with Gasteiger partial charge in [0.2, 0.25) is 0 Å². The number of hydrogen-bond donors (Lipinski definition) is 0. The topological polar surface area (TPSA) is 51.8 Å². The summed E-state index contributed by atoms with van der Waals surface area (Å²) in [6.45, 7) is 0. The molecular weight excluding hydrogens is 599 g/mol. The summed E-state index contributed by atoms with van der Waals surface area (Å²) in [5.41, 5.74) is 10.2. The minimum absolute atomic E-state index is 0.236. The number of fused-ring (bicyclic) bond motifs is 3. The largest absolute Gasteiger partial charge is 0.456 e. The Morgan fingerprint density at radius 3 is 1.31 bits per heavy atom. The van der Waals surface area contributed by atoms with Gasteiger partial charge in [-0.15, -0.1) is 0 Å². The van der Waals surface area contributed by atoms with E-state index >= 15 is 0 Å². The highest BCUT2D eigenvalue weighted by atomic mass is 16.3. The van der Waals surface area contributed by atoms with Crippen molar-refractivity contribution >= 4 is 21.9 Å². The maximum atomic E-state index is 9.39. The number of aromatic nitrogens is 3. The van der Waals surface area contributed by atoms with Crippen molar-refractivity contribution in [2.24, 2.45) is 0 Å². The average molecular weight is 629 g/mol. The number of nitrogens with zero attached hydrogens (tertiary/aromatic N) is 3. The van der Waals surface area contributed by atoms with Crippen LogP contribution in [0.25, 0.3) is 89.5 Å². The second-order valence-electron chi connectivity index (χ2n) is 12.0. The molecule has 49 heavy (non-hydrogen) atoms. The molecular formula is C45H29N3O. The van der Waals surface area contributed by atoms with Crippen LogP contribution >= 0.6 is 0 Å². The molecule has 230 valence electrons. The molecule has 4 heteroatoms. The first-order valence-corrected chi connectivity index (χ1v) is 16.3. The van der Waals surface area contributed by atoms with E-state index in [9.17, 15) is 1.37 Å². The maximum Gasteiger partial charge on any atom is 0.164 e. The molecule has 9 rings (SSSR count). The van der Waals surface area contributed by atoms with E-state index < -0.39 is 0 Å². The third-order valence-electron chi connectivity index (χ3n) is 8.88. The molecule has 0 saturated heterocycles. The van der Waals surface area contributed by atoms with Crippen molar-refractivity contribution in [3.8, 4) is 67.5 Å². The molecule has 0 N–H and O–H groups in total. The molecule has 9 aromatic rings. The summed E-state index contributed by atoms with van der Waals surface area (Å²) in [6.07, 6.45) is 0. The third-order valence-corrected chi connectivity index (χ3v) is 8.88. The summed E-state index contributed by atoms with van der Waals surface area (Å²) < 4.78 is 15.8. The van der Waals surface area contributed by atoms with Gasteiger partial charge in [0.25, 0.3) is 0 Å².